The summed E-state index contributed by atoms with van der Waals surface area (Å²) in [6.07, 6.45) is -4.48. The van der Waals surface area contributed by atoms with Crippen LogP contribution in [0.15, 0.2) is 42.5 Å². The molecule has 2 nitrogen and oxygen atoms in total. The molecule has 0 heterocycles. The Labute approximate surface area is 124 Å². The fraction of sp³-hybridized carbons (Fsp3) is 0.133. The van der Waals surface area contributed by atoms with E-state index in [0.717, 1.165) is 17.7 Å². The van der Waals surface area contributed by atoms with Crippen molar-refractivity contribution in [2.75, 3.05) is 5.32 Å². The molecule has 0 saturated carbocycles. The lowest BCUT2D eigenvalue weighted by molar-refractivity contribution is -0.137. The highest BCUT2D eigenvalue weighted by Crippen LogP contribution is 2.30. The normalized spacial score (nSPS) is 11.3. The molecule has 2 rings (SSSR count). The number of benzene rings is 2. The van der Waals surface area contributed by atoms with Crippen molar-refractivity contribution in [1.82, 2.24) is 0 Å². The number of aryl methyl sites for hydroxylation is 1. The second kappa shape index (κ2) is 5.77. The highest BCUT2D eigenvalue weighted by atomic mass is 35.5. The Hall–Kier alpha value is -2.01. The molecular formula is C15H11ClF3NO. The fourth-order valence-corrected chi connectivity index (χ4v) is 1.93. The molecule has 0 bridgehead atoms. The first-order valence-corrected chi connectivity index (χ1v) is 6.40. The standard InChI is InChI=1S/C15H11ClF3NO/c1-9-5-6-12(16)8-13(9)20-14(21)10-3-2-4-11(7-10)15(17,18)19/h2-8H,1H3,(H,20,21). The van der Waals surface area contributed by atoms with Gasteiger partial charge in [-0.1, -0.05) is 23.7 Å². The van der Waals surface area contributed by atoms with Crippen molar-refractivity contribution in [2.45, 2.75) is 13.1 Å². The van der Waals surface area contributed by atoms with Crippen LogP contribution in [0.3, 0.4) is 0 Å². The highest BCUT2D eigenvalue weighted by molar-refractivity contribution is 6.31. The lowest BCUT2D eigenvalue weighted by Gasteiger charge is -2.11. The molecule has 0 aliphatic carbocycles. The van der Waals surface area contributed by atoms with Crippen LogP contribution >= 0.6 is 11.6 Å². The number of hydrogen-bond acceptors (Lipinski definition) is 1. The Bertz CT molecular complexity index is 683. The molecular weight excluding hydrogens is 303 g/mol. The molecule has 1 amide bonds. The molecule has 110 valence electrons. The fourth-order valence-electron chi connectivity index (χ4n) is 1.76. The van der Waals surface area contributed by atoms with Gasteiger partial charge in [0.2, 0.25) is 0 Å². The molecule has 0 atom stereocenters. The van der Waals surface area contributed by atoms with E-state index < -0.39 is 17.6 Å². The van der Waals surface area contributed by atoms with E-state index in [-0.39, 0.29) is 5.56 Å². The summed E-state index contributed by atoms with van der Waals surface area (Å²) in [5.74, 6) is -0.619. The quantitative estimate of drug-likeness (QED) is 0.837. The molecule has 6 heteroatoms. The number of amides is 1. The van der Waals surface area contributed by atoms with E-state index in [1.807, 2.05) is 0 Å². The largest absolute Gasteiger partial charge is 0.416 e. The maximum atomic E-state index is 12.6. The van der Waals surface area contributed by atoms with Crippen molar-refractivity contribution in [3.05, 3.63) is 64.2 Å². The zero-order chi connectivity index (χ0) is 15.6. The predicted molar refractivity (Wildman–Crippen MR) is 75.6 cm³/mol. The number of hydrogen-bond donors (Lipinski definition) is 1. The van der Waals surface area contributed by atoms with Crippen LogP contribution in [0.25, 0.3) is 0 Å². The second-order valence-corrected chi connectivity index (χ2v) is 4.93. The van der Waals surface area contributed by atoms with Gasteiger partial charge in [-0.2, -0.15) is 13.2 Å². The van der Waals surface area contributed by atoms with Crippen LogP contribution in [-0.2, 0) is 6.18 Å². The third-order valence-corrected chi connectivity index (χ3v) is 3.14. The van der Waals surface area contributed by atoms with Gasteiger partial charge in [0.05, 0.1) is 5.56 Å². The van der Waals surface area contributed by atoms with Crippen LogP contribution in [-0.4, -0.2) is 5.91 Å². The Morgan fingerprint density at radius 1 is 1.14 bits per heavy atom. The lowest BCUT2D eigenvalue weighted by atomic mass is 10.1. The van der Waals surface area contributed by atoms with Gasteiger partial charge in [0.1, 0.15) is 0 Å². The zero-order valence-electron chi connectivity index (χ0n) is 11.0. The van der Waals surface area contributed by atoms with Gasteiger partial charge < -0.3 is 5.32 Å². The topological polar surface area (TPSA) is 29.1 Å². The average Bonchev–Trinajstić information content (AvgIpc) is 2.42. The van der Waals surface area contributed by atoms with E-state index in [9.17, 15) is 18.0 Å². The summed E-state index contributed by atoms with van der Waals surface area (Å²) in [5, 5.41) is 2.99. The molecule has 0 saturated heterocycles. The zero-order valence-corrected chi connectivity index (χ0v) is 11.7. The molecule has 0 fully saturated rings. The van der Waals surface area contributed by atoms with Crippen LogP contribution in [0.1, 0.15) is 21.5 Å². The van der Waals surface area contributed by atoms with E-state index in [1.54, 1.807) is 25.1 Å². The Kier molecular flexibility index (Phi) is 4.23. The highest BCUT2D eigenvalue weighted by Gasteiger charge is 2.30. The van der Waals surface area contributed by atoms with E-state index >= 15 is 0 Å². The minimum absolute atomic E-state index is 0.0656. The van der Waals surface area contributed by atoms with Crippen molar-refractivity contribution in [2.24, 2.45) is 0 Å². The van der Waals surface area contributed by atoms with Crippen molar-refractivity contribution in [3.8, 4) is 0 Å². The molecule has 0 radical (unpaired) electrons. The molecule has 0 spiro atoms. The van der Waals surface area contributed by atoms with E-state index in [2.05, 4.69) is 5.32 Å². The van der Waals surface area contributed by atoms with Gasteiger partial charge in [0, 0.05) is 16.3 Å². The molecule has 0 aromatic heterocycles. The summed E-state index contributed by atoms with van der Waals surface area (Å²) in [7, 11) is 0. The summed E-state index contributed by atoms with van der Waals surface area (Å²) in [6, 6.07) is 9.17. The van der Waals surface area contributed by atoms with Crippen LogP contribution in [0.4, 0.5) is 18.9 Å². The van der Waals surface area contributed by atoms with Crippen LogP contribution in [0.5, 0.6) is 0 Å². The molecule has 1 N–H and O–H groups in total. The number of carbonyl (C=O) groups excluding carboxylic acids is 1. The SMILES string of the molecule is Cc1ccc(Cl)cc1NC(=O)c1cccc(C(F)(F)F)c1. The number of carbonyl (C=O) groups is 1. The van der Waals surface area contributed by atoms with Gasteiger partial charge in [-0.15, -0.1) is 0 Å². The summed E-state index contributed by atoms with van der Waals surface area (Å²) >= 11 is 5.83. The first-order valence-electron chi connectivity index (χ1n) is 6.02. The first-order chi connectivity index (χ1) is 9.77. The maximum Gasteiger partial charge on any atom is 0.416 e. The van der Waals surface area contributed by atoms with Gasteiger partial charge in [-0.3, -0.25) is 4.79 Å². The van der Waals surface area contributed by atoms with Crippen molar-refractivity contribution in [3.63, 3.8) is 0 Å². The first kappa shape index (κ1) is 15.4. The van der Waals surface area contributed by atoms with Gasteiger partial charge in [-0.05, 0) is 42.8 Å². The minimum atomic E-state index is -4.48. The van der Waals surface area contributed by atoms with Crippen LogP contribution in [0.2, 0.25) is 5.02 Å². The van der Waals surface area contributed by atoms with Gasteiger partial charge in [0.15, 0.2) is 0 Å². The molecule has 2 aromatic carbocycles. The second-order valence-electron chi connectivity index (χ2n) is 4.49. The average molecular weight is 314 g/mol. The Balaban J connectivity index is 2.27. The predicted octanol–water partition coefficient (Wildman–Crippen LogP) is 4.92. The molecule has 0 aliphatic heterocycles. The number of anilines is 1. The third kappa shape index (κ3) is 3.76. The minimum Gasteiger partial charge on any atom is -0.322 e. The summed E-state index contributed by atoms with van der Waals surface area (Å²) in [5.41, 5.74) is 0.298. The van der Waals surface area contributed by atoms with E-state index in [1.165, 1.54) is 12.1 Å². The molecule has 0 unspecified atom stereocenters. The number of alkyl halides is 3. The Morgan fingerprint density at radius 3 is 2.52 bits per heavy atom. The summed E-state index contributed by atoms with van der Waals surface area (Å²) < 4.78 is 37.9. The smallest absolute Gasteiger partial charge is 0.322 e. The molecule has 21 heavy (non-hydrogen) atoms. The summed E-state index contributed by atoms with van der Waals surface area (Å²) in [6.45, 7) is 1.76. The summed E-state index contributed by atoms with van der Waals surface area (Å²) in [4.78, 5) is 12.0. The van der Waals surface area contributed by atoms with Crippen LogP contribution < -0.4 is 5.32 Å². The van der Waals surface area contributed by atoms with Gasteiger partial charge in [0.25, 0.3) is 5.91 Å². The van der Waals surface area contributed by atoms with Crippen molar-refractivity contribution < 1.29 is 18.0 Å². The van der Waals surface area contributed by atoms with Crippen molar-refractivity contribution in [1.29, 1.82) is 0 Å². The Morgan fingerprint density at radius 2 is 1.86 bits per heavy atom. The molecule has 0 aliphatic rings. The maximum absolute atomic E-state index is 12.6. The number of halogens is 4. The van der Waals surface area contributed by atoms with Gasteiger partial charge in [-0.25, -0.2) is 0 Å². The van der Waals surface area contributed by atoms with E-state index in [0.29, 0.717) is 10.7 Å². The van der Waals surface area contributed by atoms with Gasteiger partial charge >= 0.3 is 6.18 Å². The monoisotopic (exact) mass is 313 g/mol. The van der Waals surface area contributed by atoms with E-state index in [4.69, 9.17) is 11.6 Å². The third-order valence-electron chi connectivity index (χ3n) is 2.90. The number of rotatable bonds is 2. The van der Waals surface area contributed by atoms with Crippen molar-refractivity contribution >= 4 is 23.2 Å². The van der Waals surface area contributed by atoms with Crippen LogP contribution in [0, 0.1) is 6.92 Å². The molecule has 2 aromatic rings. The lowest BCUT2D eigenvalue weighted by Crippen LogP contribution is -2.14. The number of nitrogens with one attached hydrogen (secondary N) is 1.